The van der Waals surface area contributed by atoms with Crippen LogP contribution in [0.25, 0.3) is 0 Å². The normalized spacial score (nSPS) is 22.7. The molecule has 1 aliphatic heterocycles. The maximum Gasteiger partial charge on any atom is 0.257 e. The monoisotopic (exact) mass is 397 g/mol. The molecule has 4 amide bonds. The van der Waals surface area contributed by atoms with Crippen LogP contribution in [0.2, 0.25) is 0 Å². The third-order valence-corrected chi connectivity index (χ3v) is 6.05. The first kappa shape index (κ1) is 19.6. The van der Waals surface area contributed by atoms with Crippen LogP contribution in [0.5, 0.6) is 0 Å². The highest BCUT2D eigenvalue weighted by molar-refractivity contribution is 6.23. The van der Waals surface area contributed by atoms with E-state index in [-0.39, 0.29) is 42.0 Å². The van der Waals surface area contributed by atoms with Crippen LogP contribution < -0.4 is 10.2 Å². The van der Waals surface area contributed by atoms with Gasteiger partial charge in [-0.15, -0.1) is 0 Å². The van der Waals surface area contributed by atoms with Crippen molar-refractivity contribution in [2.24, 2.45) is 5.92 Å². The quantitative estimate of drug-likeness (QED) is 0.774. The Morgan fingerprint density at radius 1 is 1.00 bits per heavy atom. The lowest BCUT2D eigenvalue weighted by atomic mass is 9.92. The van der Waals surface area contributed by atoms with Crippen LogP contribution in [0.3, 0.4) is 0 Å². The number of amides is 4. The highest BCUT2D eigenvalue weighted by Gasteiger charge is 2.49. The number of nitrogens with one attached hydrogen (secondary N) is 1. The summed E-state index contributed by atoms with van der Waals surface area (Å²) in [5, 5.41) is 2.67. The Morgan fingerprint density at radius 2 is 1.66 bits per heavy atom. The molecule has 29 heavy (non-hydrogen) atoms. The van der Waals surface area contributed by atoms with E-state index >= 15 is 0 Å². The summed E-state index contributed by atoms with van der Waals surface area (Å²) in [5.41, 5.74) is 1.07. The molecule has 1 atom stereocenters. The van der Waals surface area contributed by atoms with Crippen molar-refractivity contribution in [3.05, 3.63) is 24.3 Å². The maximum atomic E-state index is 13.3. The van der Waals surface area contributed by atoms with Crippen LogP contribution >= 0.6 is 0 Å². The van der Waals surface area contributed by atoms with Crippen molar-refractivity contribution in [1.82, 2.24) is 4.90 Å². The molecule has 0 radical (unpaired) electrons. The van der Waals surface area contributed by atoms with Crippen molar-refractivity contribution in [2.75, 3.05) is 10.2 Å². The van der Waals surface area contributed by atoms with E-state index in [1.165, 1.54) is 11.8 Å². The topological polar surface area (TPSA) is 86.8 Å². The van der Waals surface area contributed by atoms with Crippen molar-refractivity contribution >= 4 is 35.0 Å². The fraction of sp³-hybridized carbons (Fsp3) is 0.545. The molecule has 7 heteroatoms. The number of nitrogens with zero attached hydrogens (tertiary/aromatic N) is 2. The van der Waals surface area contributed by atoms with Gasteiger partial charge >= 0.3 is 0 Å². The summed E-state index contributed by atoms with van der Waals surface area (Å²) in [4.78, 5) is 53.2. The second-order valence-electron chi connectivity index (χ2n) is 8.33. The van der Waals surface area contributed by atoms with Gasteiger partial charge in [0.2, 0.25) is 17.7 Å². The van der Waals surface area contributed by atoms with Gasteiger partial charge in [0, 0.05) is 24.6 Å². The predicted molar refractivity (Wildman–Crippen MR) is 108 cm³/mol. The van der Waals surface area contributed by atoms with Crippen molar-refractivity contribution in [3.8, 4) is 0 Å². The van der Waals surface area contributed by atoms with Crippen molar-refractivity contribution < 1.29 is 19.2 Å². The number of carbonyl (C=O) groups is 4. The molecule has 0 aromatic heterocycles. The second-order valence-corrected chi connectivity index (χ2v) is 8.33. The van der Waals surface area contributed by atoms with Crippen LogP contribution in [0.1, 0.15) is 58.3 Å². The van der Waals surface area contributed by atoms with E-state index in [4.69, 9.17) is 0 Å². The van der Waals surface area contributed by atoms with Crippen LogP contribution in [0.4, 0.5) is 11.4 Å². The summed E-state index contributed by atoms with van der Waals surface area (Å²) in [7, 11) is 0. The number of benzene rings is 1. The van der Waals surface area contributed by atoms with E-state index in [1.807, 2.05) is 0 Å². The minimum Gasteiger partial charge on any atom is -0.327 e. The van der Waals surface area contributed by atoms with Crippen LogP contribution in [0.15, 0.2) is 24.3 Å². The summed E-state index contributed by atoms with van der Waals surface area (Å²) in [5.74, 6) is -0.719. The average Bonchev–Trinajstić information content (AvgIpc) is 3.50. The largest absolute Gasteiger partial charge is 0.327 e. The van der Waals surface area contributed by atoms with Gasteiger partial charge in [-0.1, -0.05) is 19.3 Å². The fourth-order valence-corrected chi connectivity index (χ4v) is 4.49. The zero-order valence-electron chi connectivity index (χ0n) is 16.7. The lowest BCUT2D eigenvalue weighted by Gasteiger charge is -2.37. The minimum atomic E-state index is -0.700. The van der Waals surface area contributed by atoms with Crippen LogP contribution in [-0.2, 0) is 19.2 Å². The molecule has 7 nitrogen and oxygen atoms in total. The second kappa shape index (κ2) is 7.97. The van der Waals surface area contributed by atoms with E-state index in [9.17, 15) is 19.2 Å². The Hall–Kier alpha value is -2.70. The highest BCUT2D eigenvalue weighted by atomic mass is 16.2. The maximum absolute atomic E-state index is 13.3. The van der Waals surface area contributed by atoms with Crippen molar-refractivity contribution in [2.45, 2.75) is 70.4 Å². The van der Waals surface area contributed by atoms with E-state index in [1.54, 1.807) is 29.2 Å². The summed E-state index contributed by atoms with van der Waals surface area (Å²) in [6.45, 7) is 1.42. The lowest BCUT2D eigenvalue weighted by Crippen LogP contribution is -2.52. The molecule has 154 valence electrons. The van der Waals surface area contributed by atoms with Gasteiger partial charge in [0.1, 0.15) is 6.04 Å². The first-order valence-corrected chi connectivity index (χ1v) is 10.5. The van der Waals surface area contributed by atoms with Gasteiger partial charge in [0.05, 0.1) is 12.1 Å². The Morgan fingerprint density at radius 3 is 2.24 bits per heavy atom. The number of hydrogen-bond acceptors (Lipinski definition) is 4. The molecule has 1 N–H and O–H groups in total. The number of imide groups is 1. The minimum absolute atomic E-state index is 0.0193. The van der Waals surface area contributed by atoms with Crippen molar-refractivity contribution in [3.63, 3.8) is 0 Å². The number of hydrogen-bond donors (Lipinski definition) is 1. The Balaban J connectivity index is 1.56. The van der Waals surface area contributed by atoms with E-state index in [0.717, 1.165) is 44.9 Å². The molecule has 3 aliphatic rings. The van der Waals surface area contributed by atoms with Gasteiger partial charge in [-0.25, -0.2) is 4.90 Å². The molecule has 1 heterocycles. The average molecular weight is 397 g/mol. The van der Waals surface area contributed by atoms with Gasteiger partial charge in [0.15, 0.2) is 0 Å². The predicted octanol–water partition coefficient (Wildman–Crippen LogP) is 2.85. The molecule has 1 saturated heterocycles. The first-order valence-electron chi connectivity index (χ1n) is 10.5. The number of anilines is 2. The summed E-state index contributed by atoms with van der Waals surface area (Å²) in [6.07, 6.45) is 6.89. The molecule has 1 aromatic carbocycles. The SMILES string of the molecule is CC(=O)Nc1ccc(N2C(=O)CC(N(C(=O)C3CC3)C3CCCCC3)C2=O)cc1. The Labute approximate surface area is 170 Å². The summed E-state index contributed by atoms with van der Waals surface area (Å²) < 4.78 is 0. The van der Waals surface area contributed by atoms with Crippen LogP contribution in [-0.4, -0.2) is 40.6 Å². The molecule has 3 fully saturated rings. The zero-order valence-corrected chi connectivity index (χ0v) is 16.7. The van der Waals surface area contributed by atoms with E-state index in [2.05, 4.69) is 5.32 Å². The summed E-state index contributed by atoms with van der Waals surface area (Å²) >= 11 is 0. The molecule has 1 unspecified atom stereocenters. The van der Waals surface area contributed by atoms with Gasteiger partial charge < -0.3 is 10.2 Å². The van der Waals surface area contributed by atoms with Gasteiger partial charge in [0.25, 0.3) is 5.91 Å². The van der Waals surface area contributed by atoms with E-state index in [0.29, 0.717) is 11.4 Å². The summed E-state index contributed by atoms with van der Waals surface area (Å²) in [6, 6.07) is 5.99. The van der Waals surface area contributed by atoms with Gasteiger partial charge in [-0.05, 0) is 49.9 Å². The van der Waals surface area contributed by atoms with Crippen molar-refractivity contribution in [1.29, 1.82) is 0 Å². The molecular formula is C22H27N3O4. The van der Waals surface area contributed by atoms with E-state index < -0.39 is 6.04 Å². The zero-order chi connectivity index (χ0) is 20.5. The third-order valence-electron chi connectivity index (χ3n) is 6.05. The smallest absolute Gasteiger partial charge is 0.257 e. The molecular weight excluding hydrogens is 370 g/mol. The Bertz CT molecular complexity index is 825. The third kappa shape index (κ3) is 4.04. The lowest BCUT2D eigenvalue weighted by molar-refractivity contribution is -0.143. The molecule has 4 rings (SSSR count). The molecule has 0 bridgehead atoms. The van der Waals surface area contributed by atoms with Gasteiger partial charge in [-0.2, -0.15) is 0 Å². The van der Waals surface area contributed by atoms with Crippen LogP contribution in [0, 0.1) is 5.92 Å². The number of carbonyl (C=O) groups excluding carboxylic acids is 4. The molecule has 2 saturated carbocycles. The number of rotatable bonds is 5. The molecule has 2 aliphatic carbocycles. The standard InChI is InChI=1S/C22H27N3O4/c1-14(26)23-16-9-11-18(12-10-16)25-20(27)13-19(22(25)29)24(21(28)15-7-8-15)17-5-3-2-4-6-17/h9-12,15,17,19H,2-8,13H2,1H3,(H,23,26). The highest BCUT2D eigenvalue weighted by Crippen LogP contribution is 2.37. The fourth-order valence-electron chi connectivity index (χ4n) is 4.49. The Kier molecular flexibility index (Phi) is 5.39. The first-order chi connectivity index (χ1) is 14.0. The molecule has 0 spiro atoms. The molecule has 1 aromatic rings. The van der Waals surface area contributed by atoms with Gasteiger partial charge in [-0.3, -0.25) is 19.2 Å².